The van der Waals surface area contributed by atoms with E-state index in [-0.39, 0.29) is 6.04 Å². The van der Waals surface area contributed by atoms with Gasteiger partial charge in [0, 0.05) is 9.35 Å². The molecule has 0 fully saturated rings. The maximum absolute atomic E-state index is 6.24. The molecule has 1 heterocycles. The number of halogens is 3. The SMILES string of the molecule is COc1cc(C(N)c2cc(Br)c(Br)s2)ccc1Cl. The Labute approximate surface area is 131 Å². The summed E-state index contributed by atoms with van der Waals surface area (Å²) in [5.74, 6) is 0.638. The molecular formula is C12H10Br2ClNOS. The molecule has 0 aliphatic rings. The van der Waals surface area contributed by atoms with E-state index in [1.807, 2.05) is 18.2 Å². The molecule has 0 aliphatic carbocycles. The first kappa shape index (κ1) is 14.3. The summed E-state index contributed by atoms with van der Waals surface area (Å²) in [4.78, 5) is 1.07. The van der Waals surface area contributed by atoms with Crippen LogP contribution in [0.4, 0.5) is 0 Å². The highest BCUT2D eigenvalue weighted by molar-refractivity contribution is 9.13. The monoisotopic (exact) mass is 409 g/mol. The zero-order chi connectivity index (χ0) is 13.3. The number of ether oxygens (including phenoxy) is 1. The van der Waals surface area contributed by atoms with Crippen LogP contribution < -0.4 is 10.5 Å². The Morgan fingerprint density at radius 2 is 2.06 bits per heavy atom. The van der Waals surface area contributed by atoms with Crippen molar-refractivity contribution in [2.24, 2.45) is 5.73 Å². The summed E-state index contributed by atoms with van der Waals surface area (Å²) in [7, 11) is 1.59. The van der Waals surface area contributed by atoms with Crippen molar-refractivity contribution in [1.29, 1.82) is 0 Å². The Hall–Kier alpha value is -0.0700. The van der Waals surface area contributed by atoms with Crippen molar-refractivity contribution in [2.45, 2.75) is 6.04 Å². The first-order chi connectivity index (χ1) is 8.52. The highest BCUT2D eigenvalue weighted by Crippen LogP contribution is 2.37. The summed E-state index contributed by atoms with van der Waals surface area (Å²) in [5.41, 5.74) is 7.21. The summed E-state index contributed by atoms with van der Waals surface area (Å²) in [5, 5.41) is 0.585. The predicted octanol–water partition coefficient (Wildman–Crippen LogP) is 4.98. The van der Waals surface area contributed by atoms with Gasteiger partial charge in [-0.3, -0.25) is 0 Å². The lowest BCUT2D eigenvalue weighted by Crippen LogP contribution is -2.10. The first-order valence-corrected chi connectivity index (χ1v) is 7.84. The second-order valence-electron chi connectivity index (χ2n) is 3.64. The molecule has 2 aromatic rings. The minimum Gasteiger partial charge on any atom is -0.495 e. The van der Waals surface area contributed by atoms with Gasteiger partial charge in [0.15, 0.2) is 0 Å². The predicted molar refractivity (Wildman–Crippen MR) is 83.8 cm³/mol. The van der Waals surface area contributed by atoms with Crippen molar-refractivity contribution < 1.29 is 4.74 Å². The van der Waals surface area contributed by atoms with Gasteiger partial charge >= 0.3 is 0 Å². The van der Waals surface area contributed by atoms with E-state index in [0.29, 0.717) is 10.8 Å². The van der Waals surface area contributed by atoms with Crippen LogP contribution >= 0.6 is 54.8 Å². The van der Waals surface area contributed by atoms with Gasteiger partial charge in [-0.25, -0.2) is 0 Å². The fourth-order valence-electron chi connectivity index (χ4n) is 1.55. The molecule has 0 spiro atoms. The Kier molecular flexibility index (Phi) is 4.72. The van der Waals surface area contributed by atoms with Gasteiger partial charge < -0.3 is 10.5 Å². The fourth-order valence-corrected chi connectivity index (χ4v) is 3.86. The van der Waals surface area contributed by atoms with Gasteiger partial charge in [0.1, 0.15) is 5.75 Å². The Balaban J connectivity index is 2.36. The molecule has 18 heavy (non-hydrogen) atoms. The van der Waals surface area contributed by atoms with Crippen LogP contribution in [0.3, 0.4) is 0 Å². The van der Waals surface area contributed by atoms with Crippen LogP contribution in [0, 0.1) is 0 Å². The molecular weight excluding hydrogens is 401 g/mol. The molecule has 0 amide bonds. The van der Waals surface area contributed by atoms with Gasteiger partial charge in [-0.15, -0.1) is 11.3 Å². The molecule has 1 atom stereocenters. The highest BCUT2D eigenvalue weighted by Gasteiger charge is 2.15. The van der Waals surface area contributed by atoms with E-state index >= 15 is 0 Å². The third-order valence-electron chi connectivity index (χ3n) is 2.51. The summed E-state index contributed by atoms with van der Waals surface area (Å²) < 4.78 is 7.25. The average molecular weight is 412 g/mol. The quantitative estimate of drug-likeness (QED) is 0.773. The van der Waals surface area contributed by atoms with Crippen molar-refractivity contribution in [3.05, 3.63) is 48.0 Å². The number of benzene rings is 1. The van der Waals surface area contributed by atoms with E-state index in [0.717, 1.165) is 18.7 Å². The van der Waals surface area contributed by atoms with Gasteiger partial charge in [0.2, 0.25) is 0 Å². The number of methoxy groups -OCH3 is 1. The van der Waals surface area contributed by atoms with E-state index in [2.05, 4.69) is 31.9 Å². The van der Waals surface area contributed by atoms with Crippen LogP contribution in [-0.2, 0) is 0 Å². The average Bonchev–Trinajstić information content (AvgIpc) is 2.69. The minimum atomic E-state index is -0.191. The van der Waals surface area contributed by atoms with Gasteiger partial charge in [-0.2, -0.15) is 0 Å². The lowest BCUT2D eigenvalue weighted by molar-refractivity contribution is 0.414. The van der Waals surface area contributed by atoms with Crippen LogP contribution in [0.2, 0.25) is 5.02 Å². The number of nitrogens with two attached hydrogens (primary N) is 1. The molecule has 2 N–H and O–H groups in total. The Bertz CT molecular complexity index is 554. The van der Waals surface area contributed by atoms with Crippen molar-refractivity contribution in [3.63, 3.8) is 0 Å². The third kappa shape index (κ3) is 2.91. The molecule has 0 radical (unpaired) electrons. The van der Waals surface area contributed by atoms with E-state index in [1.165, 1.54) is 0 Å². The van der Waals surface area contributed by atoms with Gasteiger partial charge in [-0.1, -0.05) is 17.7 Å². The van der Waals surface area contributed by atoms with Crippen LogP contribution in [0.25, 0.3) is 0 Å². The molecule has 0 saturated carbocycles. The number of hydrogen-bond acceptors (Lipinski definition) is 3. The standard InChI is InChI=1S/C12H10Br2ClNOS/c1-17-9-4-6(2-3-8(9)15)11(16)10-5-7(13)12(14)18-10/h2-5,11H,16H2,1H3. The molecule has 0 aliphatic heterocycles. The van der Waals surface area contributed by atoms with E-state index in [1.54, 1.807) is 24.5 Å². The van der Waals surface area contributed by atoms with E-state index in [9.17, 15) is 0 Å². The molecule has 6 heteroatoms. The smallest absolute Gasteiger partial charge is 0.137 e. The normalized spacial score (nSPS) is 12.5. The molecule has 2 rings (SSSR count). The molecule has 1 aromatic heterocycles. The van der Waals surface area contributed by atoms with Crippen molar-refractivity contribution >= 4 is 54.8 Å². The summed E-state index contributed by atoms with van der Waals surface area (Å²) in [6.07, 6.45) is 0. The summed E-state index contributed by atoms with van der Waals surface area (Å²) in [6, 6.07) is 7.41. The molecule has 96 valence electrons. The summed E-state index contributed by atoms with van der Waals surface area (Å²) >= 11 is 14.5. The minimum absolute atomic E-state index is 0.191. The topological polar surface area (TPSA) is 35.2 Å². The molecule has 0 bridgehead atoms. The molecule has 1 unspecified atom stereocenters. The molecule has 0 saturated heterocycles. The van der Waals surface area contributed by atoms with Crippen LogP contribution in [0.1, 0.15) is 16.5 Å². The van der Waals surface area contributed by atoms with Crippen LogP contribution in [0.15, 0.2) is 32.5 Å². The first-order valence-electron chi connectivity index (χ1n) is 5.06. The third-order valence-corrected chi connectivity index (χ3v) is 6.16. The second kappa shape index (κ2) is 5.92. The van der Waals surface area contributed by atoms with Crippen molar-refractivity contribution in [3.8, 4) is 5.75 Å². The number of rotatable bonds is 3. The number of hydrogen-bond donors (Lipinski definition) is 1. The molecule has 1 aromatic carbocycles. The zero-order valence-electron chi connectivity index (χ0n) is 9.41. The highest BCUT2D eigenvalue weighted by atomic mass is 79.9. The largest absolute Gasteiger partial charge is 0.495 e. The van der Waals surface area contributed by atoms with Crippen molar-refractivity contribution in [1.82, 2.24) is 0 Å². The fraction of sp³-hybridized carbons (Fsp3) is 0.167. The lowest BCUT2D eigenvalue weighted by Gasteiger charge is -2.12. The van der Waals surface area contributed by atoms with Gasteiger partial charge in [-0.05, 0) is 55.6 Å². The second-order valence-corrected chi connectivity index (χ2v) is 7.31. The van der Waals surface area contributed by atoms with Gasteiger partial charge in [0.25, 0.3) is 0 Å². The van der Waals surface area contributed by atoms with Gasteiger partial charge in [0.05, 0.1) is 22.0 Å². The molecule has 2 nitrogen and oxygen atoms in total. The number of thiophene rings is 1. The van der Waals surface area contributed by atoms with Crippen LogP contribution in [-0.4, -0.2) is 7.11 Å². The Morgan fingerprint density at radius 3 is 2.61 bits per heavy atom. The zero-order valence-corrected chi connectivity index (χ0v) is 14.2. The Morgan fingerprint density at radius 1 is 1.33 bits per heavy atom. The van der Waals surface area contributed by atoms with Crippen LogP contribution in [0.5, 0.6) is 5.75 Å². The lowest BCUT2D eigenvalue weighted by atomic mass is 10.1. The maximum atomic E-state index is 6.24. The van der Waals surface area contributed by atoms with E-state index < -0.39 is 0 Å². The summed E-state index contributed by atoms with van der Waals surface area (Å²) in [6.45, 7) is 0. The maximum Gasteiger partial charge on any atom is 0.137 e. The van der Waals surface area contributed by atoms with Crippen molar-refractivity contribution in [2.75, 3.05) is 7.11 Å². The van der Waals surface area contributed by atoms with E-state index in [4.69, 9.17) is 22.1 Å².